The standard InChI is InChI=1S/C21H15ClN2O2/c1-13-11-12-16(18(22)20(13)25)23-19-15-9-5-6-10-17(15)24(21(19)26)14-7-3-2-4-8-14/h2-12,25H,1H3. The number of carbonyl (C=O) groups is 1. The lowest BCUT2D eigenvalue weighted by Crippen LogP contribution is -2.25. The molecule has 4 rings (SSSR count). The molecule has 0 bridgehead atoms. The number of carbonyl (C=O) groups excluding carboxylic acids is 1. The summed E-state index contributed by atoms with van der Waals surface area (Å²) < 4.78 is 0. The molecule has 1 N–H and O–H groups in total. The molecule has 0 fully saturated rings. The Bertz CT molecular complexity index is 1050. The van der Waals surface area contributed by atoms with Crippen molar-refractivity contribution in [2.24, 2.45) is 4.99 Å². The van der Waals surface area contributed by atoms with Crippen molar-refractivity contribution in [3.63, 3.8) is 0 Å². The normalized spacial score (nSPS) is 14.8. The summed E-state index contributed by atoms with van der Waals surface area (Å²) in [4.78, 5) is 19.2. The number of para-hydroxylation sites is 2. The van der Waals surface area contributed by atoms with E-state index >= 15 is 0 Å². The molecule has 0 spiro atoms. The molecule has 4 nitrogen and oxygen atoms in total. The molecule has 0 aromatic heterocycles. The van der Waals surface area contributed by atoms with Crippen LogP contribution < -0.4 is 4.90 Å². The van der Waals surface area contributed by atoms with Gasteiger partial charge in [0, 0.05) is 11.3 Å². The molecule has 128 valence electrons. The number of hydrogen-bond donors (Lipinski definition) is 1. The minimum Gasteiger partial charge on any atom is -0.506 e. The Balaban J connectivity index is 1.89. The molecule has 0 saturated carbocycles. The molecule has 1 aliphatic heterocycles. The molecule has 3 aromatic carbocycles. The second kappa shape index (κ2) is 6.32. The number of benzene rings is 3. The van der Waals surface area contributed by atoms with Crippen LogP contribution in [0.15, 0.2) is 71.7 Å². The van der Waals surface area contributed by atoms with E-state index in [1.165, 1.54) is 0 Å². The molecular formula is C21H15ClN2O2. The zero-order chi connectivity index (χ0) is 18.3. The van der Waals surface area contributed by atoms with Crippen LogP contribution in [0.4, 0.5) is 17.1 Å². The van der Waals surface area contributed by atoms with Crippen molar-refractivity contribution in [3.05, 3.63) is 82.9 Å². The summed E-state index contributed by atoms with van der Waals surface area (Å²) in [6.07, 6.45) is 0. The van der Waals surface area contributed by atoms with Gasteiger partial charge in [-0.1, -0.05) is 54.1 Å². The Labute approximate surface area is 156 Å². The number of aliphatic imine (C=N–C) groups is 1. The number of phenols is 1. The van der Waals surface area contributed by atoms with Gasteiger partial charge >= 0.3 is 0 Å². The van der Waals surface area contributed by atoms with E-state index in [1.54, 1.807) is 24.0 Å². The molecule has 0 atom stereocenters. The van der Waals surface area contributed by atoms with E-state index in [1.807, 2.05) is 54.6 Å². The Morgan fingerprint density at radius 1 is 0.962 bits per heavy atom. The average molecular weight is 363 g/mol. The molecular weight excluding hydrogens is 348 g/mol. The molecule has 0 saturated heterocycles. The molecule has 5 heteroatoms. The SMILES string of the molecule is Cc1ccc(N=C2C(=O)N(c3ccccc3)c3ccccc32)c(Cl)c1O. The summed E-state index contributed by atoms with van der Waals surface area (Å²) in [6.45, 7) is 1.76. The topological polar surface area (TPSA) is 52.9 Å². The van der Waals surface area contributed by atoms with Gasteiger partial charge in [-0.3, -0.25) is 9.69 Å². The largest absolute Gasteiger partial charge is 0.506 e. The maximum absolute atomic E-state index is 13.1. The minimum atomic E-state index is -0.228. The van der Waals surface area contributed by atoms with E-state index in [0.29, 0.717) is 17.0 Å². The van der Waals surface area contributed by atoms with Crippen LogP contribution in [0.25, 0.3) is 0 Å². The number of aromatic hydroxyl groups is 1. The van der Waals surface area contributed by atoms with Gasteiger partial charge in [-0.05, 0) is 36.8 Å². The molecule has 0 unspecified atom stereocenters. The summed E-state index contributed by atoms with van der Waals surface area (Å²) in [6, 6.07) is 20.3. The van der Waals surface area contributed by atoms with Crippen LogP contribution in [0.1, 0.15) is 11.1 Å². The lowest BCUT2D eigenvalue weighted by atomic mass is 10.1. The molecule has 3 aromatic rings. The number of hydrogen-bond acceptors (Lipinski definition) is 3. The van der Waals surface area contributed by atoms with Gasteiger partial charge in [-0.25, -0.2) is 4.99 Å². The molecule has 0 aliphatic carbocycles. The third kappa shape index (κ3) is 2.55. The van der Waals surface area contributed by atoms with Crippen molar-refractivity contribution in [1.82, 2.24) is 0 Å². The van der Waals surface area contributed by atoms with Crippen LogP contribution >= 0.6 is 11.6 Å². The van der Waals surface area contributed by atoms with Gasteiger partial charge in [0.1, 0.15) is 16.5 Å². The Hall–Kier alpha value is -3.11. The predicted octanol–water partition coefficient (Wildman–Crippen LogP) is 5.15. The first-order valence-corrected chi connectivity index (χ1v) is 8.51. The number of fused-ring (bicyclic) bond motifs is 1. The van der Waals surface area contributed by atoms with Crippen molar-refractivity contribution in [2.45, 2.75) is 6.92 Å². The smallest absolute Gasteiger partial charge is 0.282 e. The highest BCUT2D eigenvalue weighted by Crippen LogP contribution is 2.39. The second-order valence-corrected chi connectivity index (χ2v) is 6.40. The van der Waals surface area contributed by atoms with Crippen LogP contribution in [0.2, 0.25) is 5.02 Å². The third-order valence-electron chi connectivity index (χ3n) is 4.35. The summed E-state index contributed by atoms with van der Waals surface area (Å²) in [5.41, 5.74) is 3.60. The van der Waals surface area contributed by atoms with E-state index in [2.05, 4.69) is 4.99 Å². The van der Waals surface area contributed by atoms with Gasteiger partial charge in [0.05, 0.1) is 11.4 Å². The van der Waals surface area contributed by atoms with Crippen molar-refractivity contribution in [3.8, 4) is 5.75 Å². The molecule has 0 radical (unpaired) electrons. The average Bonchev–Trinajstić information content (AvgIpc) is 2.94. The monoisotopic (exact) mass is 362 g/mol. The number of amides is 1. The van der Waals surface area contributed by atoms with Crippen molar-refractivity contribution < 1.29 is 9.90 Å². The molecule has 26 heavy (non-hydrogen) atoms. The Morgan fingerprint density at radius 3 is 2.42 bits per heavy atom. The first-order valence-electron chi connectivity index (χ1n) is 8.13. The summed E-state index contributed by atoms with van der Waals surface area (Å²) >= 11 is 6.22. The van der Waals surface area contributed by atoms with Gasteiger partial charge in [0.15, 0.2) is 0 Å². The summed E-state index contributed by atoms with van der Waals surface area (Å²) in [7, 11) is 0. The van der Waals surface area contributed by atoms with Crippen molar-refractivity contribution in [2.75, 3.05) is 4.90 Å². The highest BCUT2D eigenvalue weighted by atomic mass is 35.5. The third-order valence-corrected chi connectivity index (χ3v) is 4.72. The summed E-state index contributed by atoms with van der Waals surface area (Å²) in [5.74, 6) is -0.249. The quantitative estimate of drug-likeness (QED) is 0.685. The van der Waals surface area contributed by atoms with E-state index in [9.17, 15) is 9.90 Å². The first kappa shape index (κ1) is 16.4. The predicted molar refractivity (Wildman–Crippen MR) is 104 cm³/mol. The van der Waals surface area contributed by atoms with E-state index in [0.717, 1.165) is 16.9 Å². The highest BCUT2D eigenvalue weighted by molar-refractivity contribution is 6.56. The van der Waals surface area contributed by atoms with Crippen molar-refractivity contribution in [1.29, 1.82) is 0 Å². The van der Waals surface area contributed by atoms with Gasteiger partial charge in [-0.2, -0.15) is 0 Å². The van der Waals surface area contributed by atoms with Gasteiger partial charge in [-0.15, -0.1) is 0 Å². The zero-order valence-corrected chi connectivity index (χ0v) is 14.7. The Kier molecular flexibility index (Phi) is 3.98. The van der Waals surface area contributed by atoms with Crippen LogP contribution in [0.3, 0.4) is 0 Å². The fourth-order valence-electron chi connectivity index (χ4n) is 3.00. The Morgan fingerprint density at radius 2 is 1.65 bits per heavy atom. The lowest BCUT2D eigenvalue weighted by molar-refractivity contribution is -0.111. The van der Waals surface area contributed by atoms with Crippen molar-refractivity contribution >= 4 is 40.3 Å². The maximum atomic E-state index is 13.1. The van der Waals surface area contributed by atoms with E-state index in [-0.39, 0.29) is 16.7 Å². The number of halogens is 1. The maximum Gasteiger partial charge on any atom is 0.282 e. The fraction of sp³-hybridized carbons (Fsp3) is 0.0476. The minimum absolute atomic E-state index is 0.0211. The highest BCUT2D eigenvalue weighted by Gasteiger charge is 2.34. The van der Waals surface area contributed by atoms with Gasteiger partial charge in [0.2, 0.25) is 0 Å². The summed E-state index contributed by atoms with van der Waals surface area (Å²) in [5, 5.41) is 10.2. The van der Waals surface area contributed by atoms with E-state index in [4.69, 9.17) is 11.6 Å². The lowest BCUT2D eigenvalue weighted by Gasteiger charge is -2.16. The number of aryl methyl sites for hydroxylation is 1. The number of rotatable bonds is 2. The van der Waals surface area contributed by atoms with E-state index < -0.39 is 0 Å². The fourth-order valence-corrected chi connectivity index (χ4v) is 3.25. The zero-order valence-electron chi connectivity index (χ0n) is 14.0. The molecule has 1 amide bonds. The van der Waals surface area contributed by atoms with Gasteiger partial charge in [0.25, 0.3) is 5.91 Å². The van der Waals surface area contributed by atoms with Crippen LogP contribution in [0, 0.1) is 6.92 Å². The first-order chi connectivity index (χ1) is 12.6. The number of phenolic OH excluding ortho intramolecular Hbond substituents is 1. The second-order valence-electron chi connectivity index (χ2n) is 6.02. The number of anilines is 2. The molecule has 1 aliphatic rings. The van der Waals surface area contributed by atoms with Crippen LogP contribution in [-0.2, 0) is 4.79 Å². The molecule has 1 heterocycles. The van der Waals surface area contributed by atoms with Gasteiger partial charge < -0.3 is 5.11 Å². The van der Waals surface area contributed by atoms with Crippen LogP contribution in [0.5, 0.6) is 5.75 Å². The number of nitrogens with zero attached hydrogens (tertiary/aromatic N) is 2. The van der Waals surface area contributed by atoms with Crippen LogP contribution in [-0.4, -0.2) is 16.7 Å².